The van der Waals surface area contributed by atoms with Crippen molar-refractivity contribution in [3.63, 3.8) is 0 Å². The van der Waals surface area contributed by atoms with Crippen LogP contribution < -0.4 is 5.32 Å². The van der Waals surface area contributed by atoms with E-state index in [0.717, 1.165) is 5.70 Å². The van der Waals surface area contributed by atoms with Crippen molar-refractivity contribution in [1.82, 2.24) is 15.5 Å². The van der Waals surface area contributed by atoms with Gasteiger partial charge in [0.25, 0.3) is 5.89 Å². The lowest BCUT2D eigenvalue weighted by Crippen LogP contribution is -2.27. The number of nitrogens with one attached hydrogen (secondary N) is 1. The van der Waals surface area contributed by atoms with Gasteiger partial charge in [-0.25, -0.2) is 4.79 Å². The Bertz CT molecular complexity index is 1020. The number of ether oxygens (including phenoxy) is 3. The van der Waals surface area contributed by atoms with Crippen molar-refractivity contribution >= 4 is 34.9 Å². The minimum Gasteiger partial charge on any atom is -0.432 e. The summed E-state index contributed by atoms with van der Waals surface area (Å²) in [6.45, 7) is 5.66. The van der Waals surface area contributed by atoms with Gasteiger partial charge in [-0.1, -0.05) is 40.5 Å². The van der Waals surface area contributed by atoms with Crippen molar-refractivity contribution in [1.29, 1.82) is 0 Å². The fourth-order valence-corrected chi connectivity index (χ4v) is 3.58. The van der Waals surface area contributed by atoms with Crippen molar-refractivity contribution < 1.29 is 23.5 Å². The summed E-state index contributed by atoms with van der Waals surface area (Å²) in [4.78, 5) is 16.7. The van der Waals surface area contributed by atoms with E-state index in [2.05, 4.69) is 15.5 Å². The van der Waals surface area contributed by atoms with E-state index < -0.39 is 12.1 Å². The van der Waals surface area contributed by atoms with Gasteiger partial charge in [-0.2, -0.15) is 4.98 Å². The van der Waals surface area contributed by atoms with Crippen molar-refractivity contribution in [2.75, 3.05) is 20.3 Å². The molecule has 2 heterocycles. The Morgan fingerprint density at radius 1 is 1.20 bits per heavy atom. The van der Waals surface area contributed by atoms with Crippen LogP contribution >= 0.6 is 23.2 Å². The van der Waals surface area contributed by atoms with Gasteiger partial charge in [-0.15, -0.1) is 0 Å². The Balaban J connectivity index is 2.08. The fraction of sp³-hybridized carbons (Fsp3) is 0.350. The van der Waals surface area contributed by atoms with Gasteiger partial charge < -0.3 is 24.1 Å². The number of benzene rings is 1. The predicted molar refractivity (Wildman–Crippen MR) is 111 cm³/mol. The van der Waals surface area contributed by atoms with Gasteiger partial charge in [-0.3, -0.25) is 0 Å². The highest BCUT2D eigenvalue weighted by Gasteiger charge is 2.37. The number of allylic oxidation sites excluding steroid dienone is 3. The van der Waals surface area contributed by atoms with Crippen LogP contribution in [-0.4, -0.2) is 36.6 Å². The highest BCUT2D eigenvalue weighted by molar-refractivity contribution is 6.42. The SMILES string of the molecule is COCCOC(=O)OC1=C(C)NC(C)=C(c2nc(C)no2)C1c1cccc(Cl)c1Cl. The molecule has 1 unspecified atom stereocenters. The number of dihydropyridines is 1. The lowest BCUT2D eigenvalue weighted by atomic mass is 9.85. The number of carbonyl (C=O) groups excluding carboxylic acids is 1. The third-order valence-corrected chi connectivity index (χ3v) is 5.28. The van der Waals surface area contributed by atoms with E-state index in [4.69, 9.17) is 41.9 Å². The van der Waals surface area contributed by atoms with Crippen LogP contribution in [0.1, 0.15) is 37.0 Å². The van der Waals surface area contributed by atoms with E-state index in [1.807, 2.05) is 6.92 Å². The quantitative estimate of drug-likeness (QED) is 0.490. The van der Waals surface area contributed by atoms with E-state index in [9.17, 15) is 4.79 Å². The third kappa shape index (κ3) is 4.61. The van der Waals surface area contributed by atoms with Gasteiger partial charge in [-0.05, 0) is 32.4 Å². The Labute approximate surface area is 183 Å². The first-order valence-corrected chi connectivity index (χ1v) is 9.85. The average molecular weight is 454 g/mol. The zero-order chi connectivity index (χ0) is 21.8. The maximum atomic E-state index is 12.3. The summed E-state index contributed by atoms with van der Waals surface area (Å²) in [6.07, 6.45) is -0.869. The van der Waals surface area contributed by atoms with Crippen LogP contribution in [0.5, 0.6) is 0 Å². The number of aromatic nitrogens is 2. The third-order valence-electron chi connectivity index (χ3n) is 4.45. The van der Waals surface area contributed by atoms with Crippen LogP contribution in [0.2, 0.25) is 10.0 Å². The lowest BCUT2D eigenvalue weighted by molar-refractivity contribution is 0.0503. The van der Waals surface area contributed by atoms with Crippen molar-refractivity contribution in [2.24, 2.45) is 0 Å². The number of aryl methyl sites for hydroxylation is 1. The molecule has 0 bridgehead atoms. The van der Waals surface area contributed by atoms with Crippen molar-refractivity contribution in [3.05, 3.63) is 62.7 Å². The minimum absolute atomic E-state index is 0.0578. The van der Waals surface area contributed by atoms with Gasteiger partial charge in [0, 0.05) is 12.8 Å². The Kier molecular flexibility index (Phi) is 7.02. The molecule has 0 amide bonds. The Hall–Kier alpha value is -2.55. The molecule has 2 aromatic rings. The zero-order valence-electron chi connectivity index (χ0n) is 16.9. The molecule has 160 valence electrons. The number of rotatable bonds is 6. The van der Waals surface area contributed by atoms with Gasteiger partial charge in [0.1, 0.15) is 12.4 Å². The number of carbonyl (C=O) groups is 1. The summed E-state index contributed by atoms with van der Waals surface area (Å²) < 4.78 is 21.0. The molecule has 0 aliphatic carbocycles. The zero-order valence-corrected chi connectivity index (χ0v) is 18.4. The molecule has 0 saturated carbocycles. The number of nitrogens with zero attached hydrogens (tertiary/aromatic N) is 2. The molecule has 1 aromatic heterocycles. The average Bonchev–Trinajstić information content (AvgIpc) is 3.12. The highest BCUT2D eigenvalue weighted by atomic mass is 35.5. The van der Waals surface area contributed by atoms with E-state index in [-0.39, 0.29) is 24.9 Å². The van der Waals surface area contributed by atoms with Crippen molar-refractivity contribution in [3.8, 4) is 0 Å². The van der Waals surface area contributed by atoms with Gasteiger partial charge in [0.15, 0.2) is 5.82 Å². The molecule has 30 heavy (non-hydrogen) atoms. The van der Waals surface area contributed by atoms with E-state index in [1.165, 1.54) is 7.11 Å². The molecule has 0 spiro atoms. The topological polar surface area (TPSA) is 95.7 Å². The standard InChI is InChI=1S/C20H21Cl2N3O5/c1-10-15(19-24-12(3)25-30-19)16(13-6-5-7-14(21)17(13)22)18(11(2)23-10)29-20(26)28-9-8-27-4/h5-7,16,23H,8-9H2,1-4H3. The molecule has 1 aliphatic heterocycles. The molecule has 10 heteroatoms. The number of halogens is 2. The maximum Gasteiger partial charge on any atom is 0.513 e. The summed E-state index contributed by atoms with van der Waals surface area (Å²) in [6, 6.07) is 5.24. The molecule has 8 nitrogen and oxygen atoms in total. The van der Waals surface area contributed by atoms with E-state index >= 15 is 0 Å². The van der Waals surface area contributed by atoms with Crippen LogP contribution in [0.15, 0.2) is 39.9 Å². The lowest BCUT2D eigenvalue weighted by Gasteiger charge is -2.30. The second-order valence-electron chi connectivity index (χ2n) is 6.57. The molecular formula is C20H21Cl2N3O5. The second kappa shape index (κ2) is 9.51. The minimum atomic E-state index is -0.869. The van der Waals surface area contributed by atoms with Gasteiger partial charge >= 0.3 is 6.16 Å². The molecule has 0 radical (unpaired) electrons. The molecule has 0 fully saturated rings. The largest absolute Gasteiger partial charge is 0.513 e. The monoisotopic (exact) mass is 453 g/mol. The Morgan fingerprint density at radius 2 is 1.97 bits per heavy atom. The molecule has 1 aromatic carbocycles. The normalized spacial score (nSPS) is 16.5. The van der Waals surface area contributed by atoms with Crippen LogP contribution in [0, 0.1) is 6.92 Å². The summed E-state index contributed by atoms with van der Waals surface area (Å²) in [5.74, 6) is 0.402. The first kappa shape index (κ1) is 22.1. The van der Waals surface area contributed by atoms with Crippen LogP contribution in [-0.2, 0) is 14.2 Å². The molecule has 0 saturated heterocycles. The summed E-state index contributed by atoms with van der Waals surface area (Å²) in [7, 11) is 1.51. The first-order chi connectivity index (χ1) is 14.3. The van der Waals surface area contributed by atoms with Crippen molar-refractivity contribution in [2.45, 2.75) is 26.7 Å². The first-order valence-electron chi connectivity index (χ1n) is 9.10. The number of hydrogen-bond acceptors (Lipinski definition) is 8. The summed E-state index contributed by atoms with van der Waals surface area (Å²) in [5.41, 5.74) is 2.59. The van der Waals surface area contributed by atoms with Crippen LogP contribution in [0.3, 0.4) is 0 Å². The van der Waals surface area contributed by atoms with Gasteiger partial charge in [0.2, 0.25) is 0 Å². The summed E-state index contributed by atoms with van der Waals surface area (Å²) in [5, 5.41) is 7.77. The molecular weight excluding hydrogens is 433 g/mol. The summed E-state index contributed by atoms with van der Waals surface area (Å²) >= 11 is 12.8. The highest BCUT2D eigenvalue weighted by Crippen LogP contribution is 2.46. The van der Waals surface area contributed by atoms with E-state index in [0.29, 0.717) is 32.7 Å². The van der Waals surface area contributed by atoms with Gasteiger partial charge in [0.05, 0.1) is 33.8 Å². The number of hydrogen-bond donors (Lipinski definition) is 1. The molecule has 3 rings (SSSR count). The smallest absolute Gasteiger partial charge is 0.432 e. The van der Waals surface area contributed by atoms with E-state index in [1.54, 1.807) is 32.0 Å². The van der Waals surface area contributed by atoms with Crippen LogP contribution in [0.4, 0.5) is 4.79 Å². The maximum absolute atomic E-state index is 12.3. The fourth-order valence-electron chi connectivity index (χ4n) is 3.17. The Morgan fingerprint density at radius 3 is 2.63 bits per heavy atom. The van der Waals surface area contributed by atoms with Crippen LogP contribution in [0.25, 0.3) is 5.57 Å². The predicted octanol–water partition coefficient (Wildman–Crippen LogP) is 4.83. The molecule has 1 N–H and O–H groups in total. The second-order valence-corrected chi connectivity index (χ2v) is 7.35. The molecule has 1 atom stereocenters. The molecule has 1 aliphatic rings. The number of methoxy groups -OCH3 is 1.